The highest BCUT2D eigenvalue weighted by molar-refractivity contribution is 6.40. The van der Waals surface area contributed by atoms with E-state index in [0.29, 0.717) is 6.32 Å². The average molecular weight is 185 g/mol. The normalized spacial score (nSPS) is 20.5. The zero-order valence-electron chi connectivity index (χ0n) is 8.45. The van der Waals surface area contributed by atoms with Crippen LogP contribution in [0.4, 0.5) is 0 Å². The van der Waals surface area contributed by atoms with Gasteiger partial charge in [0.05, 0.1) is 0 Å². The smallest absolute Gasteiger partial charge is 0.427 e. The maximum atomic E-state index is 8.66. The van der Waals surface area contributed by atoms with Crippen LogP contribution in [0.5, 0.6) is 0 Å². The molecule has 4 heteroatoms. The summed E-state index contributed by atoms with van der Waals surface area (Å²) >= 11 is 0. The van der Waals surface area contributed by atoms with E-state index in [1.165, 1.54) is 25.9 Å². The molecule has 13 heavy (non-hydrogen) atoms. The van der Waals surface area contributed by atoms with Crippen LogP contribution >= 0.6 is 0 Å². The molecule has 0 radical (unpaired) electrons. The van der Waals surface area contributed by atoms with Crippen molar-refractivity contribution >= 4 is 7.12 Å². The van der Waals surface area contributed by atoms with Crippen molar-refractivity contribution in [3.63, 3.8) is 0 Å². The standard InChI is InChI=1S/C9H20BNO2/c1-9-3-7-11(8-4-9)6-2-5-10(12)13/h9,12-13H,2-8H2,1H3. The molecule has 76 valence electrons. The summed E-state index contributed by atoms with van der Waals surface area (Å²) in [4.78, 5) is 2.42. The molecule has 0 aromatic heterocycles. The summed E-state index contributed by atoms with van der Waals surface area (Å²) in [6.07, 6.45) is 3.99. The first kappa shape index (κ1) is 11.0. The number of piperidine rings is 1. The van der Waals surface area contributed by atoms with Gasteiger partial charge in [0.25, 0.3) is 0 Å². The zero-order chi connectivity index (χ0) is 9.68. The number of likely N-dealkylation sites (tertiary alicyclic amines) is 1. The molecule has 3 nitrogen and oxygen atoms in total. The average Bonchev–Trinajstić information content (AvgIpc) is 2.08. The lowest BCUT2D eigenvalue weighted by Crippen LogP contribution is -2.34. The second kappa shape index (κ2) is 5.63. The van der Waals surface area contributed by atoms with Crippen molar-refractivity contribution in [2.24, 2.45) is 5.92 Å². The maximum Gasteiger partial charge on any atom is 0.451 e. The third-order valence-electron chi connectivity index (χ3n) is 2.81. The highest BCUT2D eigenvalue weighted by atomic mass is 16.4. The van der Waals surface area contributed by atoms with Gasteiger partial charge in [-0.05, 0) is 51.1 Å². The van der Waals surface area contributed by atoms with Gasteiger partial charge in [0.2, 0.25) is 0 Å². The van der Waals surface area contributed by atoms with Crippen LogP contribution in [0, 0.1) is 5.92 Å². The fraction of sp³-hybridized carbons (Fsp3) is 1.00. The Labute approximate surface area is 80.9 Å². The lowest BCUT2D eigenvalue weighted by atomic mass is 9.84. The highest BCUT2D eigenvalue weighted by Crippen LogP contribution is 2.16. The van der Waals surface area contributed by atoms with Gasteiger partial charge < -0.3 is 14.9 Å². The Balaban J connectivity index is 2.02. The monoisotopic (exact) mass is 185 g/mol. The van der Waals surface area contributed by atoms with E-state index >= 15 is 0 Å². The summed E-state index contributed by atoms with van der Waals surface area (Å²) in [5.74, 6) is 0.875. The van der Waals surface area contributed by atoms with Gasteiger partial charge in [0.1, 0.15) is 0 Å². The van der Waals surface area contributed by atoms with Crippen LogP contribution < -0.4 is 0 Å². The van der Waals surface area contributed by atoms with Gasteiger partial charge in [-0.2, -0.15) is 0 Å². The van der Waals surface area contributed by atoms with E-state index in [4.69, 9.17) is 10.0 Å². The number of rotatable bonds is 4. The summed E-state index contributed by atoms with van der Waals surface area (Å²) in [5.41, 5.74) is 0. The fourth-order valence-electron chi connectivity index (χ4n) is 1.78. The Bertz CT molecular complexity index is 136. The van der Waals surface area contributed by atoms with Gasteiger partial charge in [-0.25, -0.2) is 0 Å². The molecule has 0 aromatic rings. The first-order valence-electron chi connectivity index (χ1n) is 5.27. The van der Waals surface area contributed by atoms with Crippen LogP contribution in [0.1, 0.15) is 26.2 Å². The first-order chi connectivity index (χ1) is 6.18. The Hall–Kier alpha value is -0.0551. The molecule has 0 unspecified atom stereocenters. The quantitative estimate of drug-likeness (QED) is 0.629. The minimum absolute atomic E-state index is 0.506. The molecule has 1 fully saturated rings. The van der Waals surface area contributed by atoms with Crippen LogP contribution in [0.2, 0.25) is 6.32 Å². The van der Waals surface area contributed by atoms with Gasteiger partial charge in [-0.1, -0.05) is 6.92 Å². The van der Waals surface area contributed by atoms with E-state index in [0.717, 1.165) is 18.9 Å². The summed E-state index contributed by atoms with van der Waals surface area (Å²) < 4.78 is 0. The van der Waals surface area contributed by atoms with Gasteiger partial charge >= 0.3 is 7.12 Å². The third-order valence-corrected chi connectivity index (χ3v) is 2.81. The summed E-state index contributed by atoms with van der Waals surface area (Å²) in [6.45, 7) is 5.69. The molecule has 0 spiro atoms. The molecule has 0 bridgehead atoms. The van der Waals surface area contributed by atoms with Crippen molar-refractivity contribution in [3.05, 3.63) is 0 Å². The number of nitrogens with zero attached hydrogens (tertiary/aromatic N) is 1. The lowest BCUT2D eigenvalue weighted by molar-refractivity contribution is 0.191. The van der Waals surface area contributed by atoms with E-state index in [1.807, 2.05) is 0 Å². The SMILES string of the molecule is CC1CCN(CCCB(O)O)CC1. The second-order valence-electron chi connectivity index (χ2n) is 4.15. The van der Waals surface area contributed by atoms with Crippen molar-refractivity contribution in [1.82, 2.24) is 4.90 Å². The Morgan fingerprint density at radius 3 is 2.46 bits per heavy atom. The Kier molecular flexibility index (Phi) is 4.77. The van der Waals surface area contributed by atoms with Gasteiger partial charge in [-0.15, -0.1) is 0 Å². The molecule has 0 atom stereocenters. The predicted molar refractivity (Wildman–Crippen MR) is 54.5 cm³/mol. The first-order valence-corrected chi connectivity index (χ1v) is 5.27. The molecule has 2 N–H and O–H groups in total. The van der Waals surface area contributed by atoms with E-state index in [-0.39, 0.29) is 0 Å². The van der Waals surface area contributed by atoms with Gasteiger partial charge in [0, 0.05) is 0 Å². The van der Waals surface area contributed by atoms with Crippen LogP contribution in [0.25, 0.3) is 0 Å². The topological polar surface area (TPSA) is 43.7 Å². The molecule has 1 rings (SSSR count). The second-order valence-corrected chi connectivity index (χ2v) is 4.15. The lowest BCUT2D eigenvalue weighted by Gasteiger charge is -2.30. The molecule has 0 aromatic carbocycles. The number of hydrogen-bond donors (Lipinski definition) is 2. The minimum Gasteiger partial charge on any atom is -0.427 e. The molecule has 0 aliphatic carbocycles. The molecule has 1 heterocycles. The van der Waals surface area contributed by atoms with Crippen LogP contribution in [-0.2, 0) is 0 Å². The summed E-state index contributed by atoms with van der Waals surface area (Å²) in [5, 5.41) is 17.3. The molecular weight excluding hydrogens is 165 g/mol. The van der Waals surface area contributed by atoms with Crippen molar-refractivity contribution in [2.75, 3.05) is 19.6 Å². The fourth-order valence-corrected chi connectivity index (χ4v) is 1.78. The third kappa shape index (κ3) is 4.65. The summed E-state index contributed by atoms with van der Waals surface area (Å²) in [6, 6.07) is 0. The Morgan fingerprint density at radius 2 is 1.92 bits per heavy atom. The van der Waals surface area contributed by atoms with Crippen molar-refractivity contribution in [3.8, 4) is 0 Å². The van der Waals surface area contributed by atoms with E-state index in [2.05, 4.69) is 11.8 Å². The zero-order valence-corrected chi connectivity index (χ0v) is 8.45. The van der Waals surface area contributed by atoms with Crippen LogP contribution in [-0.4, -0.2) is 41.7 Å². The van der Waals surface area contributed by atoms with Crippen LogP contribution in [0.15, 0.2) is 0 Å². The van der Waals surface area contributed by atoms with Crippen molar-refractivity contribution in [1.29, 1.82) is 0 Å². The summed E-state index contributed by atoms with van der Waals surface area (Å²) in [7, 11) is -1.12. The number of hydrogen-bond acceptors (Lipinski definition) is 3. The van der Waals surface area contributed by atoms with Crippen molar-refractivity contribution < 1.29 is 10.0 Å². The van der Waals surface area contributed by atoms with Gasteiger partial charge in [0.15, 0.2) is 0 Å². The van der Waals surface area contributed by atoms with E-state index < -0.39 is 7.12 Å². The maximum absolute atomic E-state index is 8.66. The molecule has 0 saturated carbocycles. The predicted octanol–water partition coefficient (Wildman–Crippen LogP) is 0.581. The van der Waals surface area contributed by atoms with Gasteiger partial charge in [-0.3, -0.25) is 0 Å². The largest absolute Gasteiger partial charge is 0.451 e. The molecule has 1 aliphatic heterocycles. The highest BCUT2D eigenvalue weighted by Gasteiger charge is 2.15. The molecular formula is C9H20BNO2. The van der Waals surface area contributed by atoms with Crippen LogP contribution in [0.3, 0.4) is 0 Å². The van der Waals surface area contributed by atoms with Crippen molar-refractivity contribution in [2.45, 2.75) is 32.5 Å². The van der Waals surface area contributed by atoms with E-state index in [1.54, 1.807) is 0 Å². The molecule has 1 aliphatic rings. The molecule has 0 amide bonds. The Morgan fingerprint density at radius 1 is 1.31 bits per heavy atom. The minimum atomic E-state index is -1.12. The van der Waals surface area contributed by atoms with E-state index in [9.17, 15) is 0 Å². The molecule has 1 saturated heterocycles.